The summed E-state index contributed by atoms with van der Waals surface area (Å²) < 4.78 is 50.1. The van der Waals surface area contributed by atoms with Crippen LogP contribution in [0, 0.1) is 11.6 Å². The molecule has 0 unspecified atom stereocenters. The lowest BCUT2D eigenvalue weighted by Gasteiger charge is -2.10. The summed E-state index contributed by atoms with van der Waals surface area (Å²) in [6.07, 6.45) is 2.24. The molecule has 0 saturated heterocycles. The Bertz CT molecular complexity index is 887. The molecule has 1 aliphatic rings. The molecule has 3 nitrogen and oxygen atoms in total. The van der Waals surface area contributed by atoms with Crippen molar-refractivity contribution in [3.05, 3.63) is 65.2 Å². The zero-order valence-corrected chi connectivity index (χ0v) is 13.0. The molecule has 0 aliphatic heterocycles. The highest BCUT2D eigenvalue weighted by atomic mass is 32.2. The minimum Gasteiger partial charge on any atom is -0.225 e. The normalized spacial score (nSPS) is 15.3. The first-order valence-corrected chi connectivity index (χ1v) is 8.72. The summed E-state index contributed by atoms with van der Waals surface area (Å²) >= 11 is 0. The third-order valence-corrected chi connectivity index (χ3v) is 4.96. The predicted molar refractivity (Wildman–Crippen MR) is 84.8 cm³/mol. The number of sulfonamides is 1. The van der Waals surface area contributed by atoms with Gasteiger partial charge in [0.1, 0.15) is 0 Å². The van der Waals surface area contributed by atoms with Crippen molar-refractivity contribution in [2.75, 3.05) is 0 Å². The maximum absolute atomic E-state index is 14.1. The largest absolute Gasteiger partial charge is 0.238 e. The number of rotatable bonds is 3. The molecule has 0 bridgehead atoms. The first-order valence-electron chi connectivity index (χ1n) is 7.17. The number of nitrogens with two attached hydrogens (primary N) is 1. The number of benzene rings is 2. The predicted octanol–water partition coefficient (Wildman–Crippen LogP) is 3.71. The number of allylic oxidation sites excluding steroid dienone is 2. The van der Waals surface area contributed by atoms with Gasteiger partial charge in [0, 0.05) is 5.56 Å². The molecule has 0 aromatic heterocycles. The monoisotopic (exact) mass is 335 g/mol. The van der Waals surface area contributed by atoms with Crippen molar-refractivity contribution in [1.29, 1.82) is 0 Å². The van der Waals surface area contributed by atoms with Gasteiger partial charge in [-0.2, -0.15) is 0 Å². The molecule has 2 aromatic carbocycles. The van der Waals surface area contributed by atoms with Crippen molar-refractivity contribution >= 4 is 21.2 Å². The van der Waals surface area contributed by atoms with Gasteiger partial charge in [0.25, 0.3) is 0 Å². The van der Waals surface area contributed by atoms with Gasteiger partial charge in [-0.3, -0.25) is 0 Å². The molecule has 0 fully saturated rings. The molecule has 3 rings (SSSR count). The maximum Gasteiger partial charge on any atom is 0.238 e. The van der Waals surface area contributed by atoms with Crippen molar-refractivity contribution < 1.29 is 17.2 Å². The molecule has 0 heterocycles. The molecule has 2 N–H and O–H groups in total. The maximum atomic E-state index is 14.1. The van der Waals surface area contributed by atoms with Crippen LogP contribution in [0.2, 0.25) is 0 Å². The van der Waals surface area contributed by atoms with E-state index in [2.05, 4.69) is 0 Å². The molecule has 0 amide bonds. The molecule has 23 heavy (non-hydrogen) atoms. The van der Waals surface area contributed by atoms with Gasteiger partial charge >= 0.3 is 0 Å². The second-order valence-corrected chi connectivity index (χ2v) is 7.04. The summed E-state index contributed by atoms with van der Waals surface area (Å²) in [4.78, 5) is 0.0262. The van der Waals surface area contributed by atoms with E-state index in [0.717, 1.165) is 35.6 Å². The zero-order valence-electron chi connectivity index (χ0n) is 12.2. The van der Waals surface area contributed by atoms with Crippen LogP contribution in [-0.2, 0) is 10.0 Å². The van der Waals surface area contributed by atoms with Crippen molar-refractivity contribution in [1.82, 2.24) is 0 Å². The zero-order chi connectivity index (χ0) is 16.6. The van der Waals surface area contributed by atoms with Crippen LogP contribution in [0.4, 0.5) is 8.78 Å². The van der Waals surface area contributed by atoms with E-state index >= 15 is 0 Å². The Hall–Kier alpha value is -2.05. The highest BCUT2D eigenvalue weighted by molar-refractivity contribution is 7.89. The van der Waals surface area contributed by atoms with Gasteiger partial charge in [0.15, 0.2) is 11.6 Å². The van der Waals surface area contributed by atoms with Gasteiger partial charge in [-0.15, -0.1) is 0 Å². The highest BCUT2D eigenvalue weighted by Crippen LogP contribution is 2.40. The molecule has 0 radical (unpaired) electrons. The fourth-order valence-electron chi connectivity index (χ4n) is 2.94. The Balaban J connectivity index is 2.08. The molecule has 0 atom stereocenters. The average molecular weight is 335 g/mol. The third kappa shape index (κ3) is 3.04. The average Bonchev–Trinajstić information content (AvgIpc) is 2.98. The molecular weight excluding hydrogens is 320 g/mol. The van der Waals surface area contributed by atoms with E-state index in [4.69, 9.17) is 5.14 Å². The lowest BCUT2D eigenvalue weighted by molar-refractivity contribution is 0.506. The van der Waals surface area contributed by atoms with Crippen LogP contribution >= 0.6 is 0 Å². The van der Waals surface area contributed by atoms with Gasteiger partial charge in [-0.25, -0.2) is 22.3 Å². The fraction of sp³-hybridized carbons (Fsp3) is 0.176. The summed E-state index contributed by atoms with van der Waals surface area (Å²) in [7, 11) is -3.75. The van der Waals surface area contributed by atoms with E-state index in [9.17, 15) is 17.2 Å². The van der Waals surface area contributed by atoms with Crippen LogP contribution in [0.3, 0.4) is 0 Å². The van der Waals surface area contributed by atoms with Crippen molar-refractivity contribution in [3.8, 4) is 0 Å². The molecule has 0 spiro atoms. The quantitative estimate of drug-likeness (QED) is 0.929. The Kier molecular flexibility index (Phi) is 4.04. The Morgan fingerprint density at radius 2 is 1.57 bits per heavy atom. The Morgan fingerprint density at radius 1 is 0.913 bits per heavy atom. The van der Waals surface area contributed by atoms with Crippen LogP contribution in [0.15, 0.2) is 47.4 Å². The highest BCUT2D eigenvalue weighted by Gasteiger charge is 2.21. The Morgan fingerprint density at radius 3 is 2.22 bits per heavy atom. The summed E-state index contributed by atoms with van der Waals surface area (Å²) in [6.45, 7) is 0. The van der Waals surface area contributed by atoms with E-state index in [1.807, 2.05) is 0 Å². The Labute approximate surface area is 133 Å². The van der Waals surface area contributed by atoms with Gasteiger partial charge in [-0.05, 0) is 54.2 Å². The van der Waals surface area contributed by atoms with E-state index in [-0.39, 0.29) is 10.5 Å². The van der Waals surface area contributed by atoms with Gasteiger partial charge in [0.05, 0.1) is 4.90 Å². The SMILES string of the molecule is NS(=O)(=O)c1ccc(C2=C(c3cccc(F)c3F)CCC2)cc1. The first kappa shape index (κ1) is 15.8. The lowest BCUT2D eigenvalue weighted by atomic mass is 9.96. The third-order valence-electron chi connectivity index (χ3n) is 4.03. The van der Waals surface area contributed by atoms with E-state index in [1.54, 1.807) is 18.2 Å². The van der Waals surface area contributed by atoms with E-state index in [1.165, 1.54) is 18.2 Å². The van der Waals surface area contributed by atoms with E-state index in [0.29, 0.717) is 6.42 Å². The minimum absolute atomic E-state index is 0.0262. The standard InChI is InChI=1S/C17H15F2NO2S/c18-16-6-2-5-15(17(16)19)14-4-1-3-13(14)11-7-9-12(10-8-11)23(20,21)22/h2,5-10H,1,3-4H2,(H2,20,21,22). The van der Waals surface area contributed by atoms with Crippen LogP contribution in [-0.4, -0.2) is 8.42 Å². The smallest absolute Gasteiger partial charge is 0.225 e. The summed E-state index contributed by atoms with van der Waals surface area (Å²) in [5, 5.41) is 5.08. The number of hydrogen-bond acceptors (Lipinski definition) is 2. The topological polar surface area (TPSA) is 60.2 Å². The summed E-state index contributed by atoms with van der Waals surface area (Å²) in [5.74, 6) is -1.71. The molecule has 120 valence electrons. The van der Waals surface area contributed by atoms with Gasteiger partial charge in [0.2, 0.25) is 10.0 Å². The van der Waals surface area contributed by atoms with Crippen LogP contribution in [0.5, 0.6) is 0 Å². The van der Waals surface area contributed by atoms with Crippen LogP contribution < -0.4 is 5.14 Å². The van der Waals surface area contributed by atoms with Crippen LogP contribution in [0.25, 0.3) is 11.1 Å². The van der Waals surface area contributed by atoms with Gasteiger partial charge in [-0.1, -0.05) is 24.3 Å². The summed E-state index contributed by atoms with van der Waals surface area (Å²) in [6, 6.07) is 10.3. The second-order valence-electron chi connectivity index (χ2n) is 5.48. The number of hydrogen-bond donors (Lipinski definition) is 1. The summed E-state index contributed by atoms with van der Waals surface area (Å²) in [5.41, 5.74) is 2.75. The number of primary sulfonamides is 1. The molecule has 0 saturated carbocycles. The van der Waals surface area contributed by atoms with E-state index < -0.39 is 21.7 Å². The fourth-order valence-corrected chi connectivity index (χ4v) is 3.46. The van der Waals surface area contributed by atoms with Crippen molar-refractivity contribution in [3.63, 3.8) is 0 Å². The van der Waals surface area contributed by atoms with Gasteiger partial charge < -0.3 is 0 Å². The lowest BCUT2D eigenvalue weighted by Crippen LogP contribution is -2.11. The van der Waals surface area contributed by atoms with Crippen molar-refractivity contribution in [2.45, 2.75) is 24.2 Å². The second kappa shape index (κ2) is 5.86. The molecule has 2 aromatic rings. The molecular formula is C17H15F2NO2S. The molecule has 1 aliphatic carbocycles. The van der Waals surface area contributed by atoms with Crippen LogP contribution in [0.1, 0.15) is 30.4 Å². The van der Waals surface area contributed by atoms with Crippen molar-refractivity contribution in [2.24, 2.45) is 5.14 Å². The number of halogens is 2. The first-order chi connectivity index (χ1) is 10.9. The minimum atomic E-state index is -3.75. The molecule has 6 heteroatoms.